The smallest absolute Gasteiger partial charge is 0.204 e. The SMILES string of the molecule is O=C(Cn1nnc(-c2ccccc2)n1)c1ccc(F)cc1. The van der Waals surface area contributed by atoms with Crippen molar-refractivity contribution in [3.05, 3.63) is 66.0 Å². The van der Waals surface area contributed by atoms with Gasteiger partial charge in [0.2, 0.25) is 5.82 Å². The number of ketones is 1. The maximum absolute atomic E-state index is 12.8. The zero-order chi connectivity index (χ0) is 14.7. The number of carbonyl (C=O) groups is 1. The molecule has 0 unspecified atom stereocenters. The minimum atomic E-state index is -0.378. The number of carbonyl (C=O) groups excluding carboxylic acids is 1. The molecule has 3 aromatic rings. The summed E-state index contributed by atoms with van der Waals surface area (Å²) < 4.78 is 12.8. The summed E-state index contributed by atoms with van der Waals surface area (Å²) in [5.41, 5.74) is 1.24. The first-order valence-electron chi connectivity index (χ1n) is 6.34. The lowest BCUT2D eigenvalue weighted by atomic mass is 10.1. The van der Waals surface area contributed by atoms with E-state index in [0.717, 1.165) is 5.56 Å². The van der Waals surface area contributed by atoms with E-state index in [9.17, 15) is 9.18 Å². The lowest BCUT2D eigenvalue weighted by Crippen LogP contribution is -2.13. The highest BCUT2D eigenvalue weighted by atomic mass is 19.1. The third-order valence-corrected chi connectivity index (χ3v) is 2.94. The zero-order valence-corrected chi connectivity index (χ0v) is 11.0. The van der Waals surface area contributed by atoms with E-state index in [4.69, 9.17) is 0 Å². The Kier molecular flexibility index (Phi) is 3.51. The van der Waals surface area contributed by atoms with Crippen molar-refractivity contribution in [3.63, 3.8) is 0 Å². The van der Waals surface area contributed by atoms with E-state index in [1.165, 1.54) is 29.1 Å². The second-order valence-electron chi connectivity index (χ2n) is 4.44. The van der Waals surface area contributed by atoms with Gasteiger partial charge in [-0.2, -0.15) is 4.80 Å². The first-order chi connectivity index (χ1) is 10.2. The summed E-state index contributed by atoms with van der Waals surface area (Å²) in [6, 6.07) is 14.7. The van der Waals surface area contributed by atoms with Gasteiger partial charge in [-0.15, -0.1) is 10.2 Å². The van der Waals surface area contributed by atoms with Crippen LogP contribution in [0.15, 0.2) is 54.6 Å². The van der Waals surface area contributed by atoms with Crippen molar-refractivity contribution in [1.29, 1.82) is 0 Å². The van der Waals surface area contributed by atoms with Crippen molar-refractivity contribution in [2.24, 2.45) is 0 Å². The van der Waals surface area contributed by atoms with Crippen molar-refractivity contribution >= 4 is 5.78 Å². The lowest BCUT2D eigenvalue weighted by Gasteiger charge is -1.99. The molecular weight excluding hydrogens is 271 g/mol. The Morgan fingerprint density at radius 3 is 2.48 bits per heavy atom. The molecule has 0 bridgehead atoms. The minimum Gasteiger partial charge on any atom is -0.292 e. The van der Waals surface area contributed by atoms with E-state index in [2.05, 4.69) is 15.4 Å². The first-order valence-corrected chi connectivity index (χ1v) is 6.34. The van der Waals surface area contributed by atoms with Crippen LogP contribution in [0.5, 0.6) is 0 Å². The van der Waals surface area contributed by atoms with E-state index in [1.54, 1.807) is 0 Å². The van der Waals surface area contributed by atoms with Crippen LogP contribution in [-0.4, -0.2) is 26.0 Å². The molecule has 0 fully saturated rings. The molecule has 5 nitrogen and oxygen atoms in total. The van der Waals surface area contributed by atoms with Crippen molar-refractivity contribution in [2.45, 2.75) is 6.54 Å². The molecule has 3 rings (SSSR count). The van der Waals surface area contributed by atoms with Gasteiger partial charge in [-0.3, -0.25) is 4.79 Å². The minimum absolute atomic E-state index is 0.0362. The van der Waals surface area contributed by atoms with Gasteiger partial charge >= 0.3 is 0 Å². The molecule has 0 amide bonds. The first kappa shape index (κ1) is 13.1. The fourth-order valence-electron chi connectivity index (χ4n) is 1.87. The van der Waals surface area contributed by atoms with Crippen molar-refractivity contribution < 1.29 is 9.18 Å². The third kappa shape index (κ3) is 3.00. The fourth-order valence-corrected chi connectivity index (χ4v) is 1.87. The molecule has 104 valence electrons. The third-order valence-electron chi connectivity index (χ3n) is 2.94. The van der Waals surface area contributed by atoms with E-state index in [-0.39, 0.29) is 18.1 Å². The number of hydrogen-bond acceptors (Lipinski definition) is 4. The number of nitrogens with zero attached hydrogens (tertiary/aromatic N) is 4. The van der Waals surface area contributed by atoms with Crippen molar-refractivity contribution in [3.8, 4) is 11.4 Å². The van der Waals surface area contributed by atoms with Gasteiger partial charge in [0.05, 0.1) is 0 Å². The summed E-state index contributed by atoms with van der Waals surface area (Å²) in [6.45, 7) is -0.0362. The highest BCUT2D eigenvalue weighted by Gasteiger charge is 2.11. The second kappa shape index (κ2) is 5.62. The topological polar surface area (TPSA) is 60.7 Å². The molecule has 21 heavy (non-hydrogen) atoms. The van der Waals surface area contributed by atoms with Crippen LogP contribution < -0.4 is 0 Å². The second-order valence-corrected chi connectivity index (χ2v) is 4.44. The van der Waals surface area contributed by atoms with Crippen LogP contribution in [0.3, 0.4) is 0 Å². The van der Waals surface area contributed by atoms with Crippen molar-refractivity contribution in [1.82, 2.24) is 20.2 Å². The van der Waals surface area contributed by atoms with Crippen LogP contribution in [0.25, 0.3) is 11.4 Å². The molecule has 0 radical (unpaired) electrons. The molecule has 0 aliphatic rings. The highest BCUT2D eigenvalue weighted by molar-refractivity contribution is 5.95. The number of aromatic nitrogens is 4. The normalized spacial score (nSPS) is 10.5. The Bertz CT molecular complexity index is 753. The van der Waals surface area contributed by atoms with Crippen LogP contribution in [0.4, 0.5) is 4.39 Å². The van der Waals surface area contributed by atoms with Crippen LogP contribution in [0.2, 0.25) is 0 Å². The molecule has 0 aliphatic heterocycles. The van der Waals surface area contributed by atoms with E-state index >= 15 is 0 Å². The predicted molar refractivity (Wildman–Crippen MR) is 74.0 cm³/mol. The molecule has 0 saturated heterocycles. The maximum Gasteiger partial charge on any atom is 0.204 e. The molecule has 0 spiro atoms. The van der Waals surface area contributed by atoms with Gasteiger partial charge in [-0.05, 0) is 29.5 Å². The zero-order valence-electron chi connectivity index (χ0n) is 11.0. The monoisotopic (exact) mass is 282 g/mol. The Labute approximate surface area is 120 Å². The van der Waals surface area contributed by atoms with E-state index in [0.29, 0.717) is 11.4 Å². The summed E-state index contributed by atoms with van der Waals surface area (Å²) in [6.07, 6.45) is 0. The van der Waals surface area contributed by atoms with E-state index < -0.39 is 0 Å². The van der Waals surface area contributed by atoms with Gasteiger partial charge < -0.3 is 0 Å². The Morgan fingerprint density at radius 1 is 1.05 bits per heavy atom. The van der Waals surface area contributed by atoms with Gasteiger partial charge in [-0.1, -0.05) is 30.3 Å². The summed E-state index contributed by atoms with van der Waals surface area (Å²) in [5.74, 6) is -0.119. The number of hydrogen-bond donors (Lipinski definition) is 0. The van der Waals surface area contributed by atoms with Gasteiger partial charge in [0.15, 0.2) is 5.78 Å². The summed E-state index contributed by atoms with van der Waals surface area (Å²) >= 11 is 0. The van der Waals surface area contributed by atoms with Gasteiger partial charge in [-0.25, -0.2) is 4.39 Å². The number of Topliss-reactive ketones (excluding diaryl/α,β-unsaturated/α-hetero) is 1. The summed E-state index contributed by atoms with van der Waals surface area (Å²) in [5, 5.41) is 11.9. The van der Waals surface area contributed by atoms with Crippen LogP contribution in [-0.2, 0) is 6.54 Å². The standard InChI is InChI=1S/C15H11FN4O/c16-13-8-6-11(7-9-13)14(21)10-20-18-15(17-19-20)12-4-2-1-3-5-12/h1-9H,10H2. The molecule has 0 N–H and O–H groups in total. The average Bonchev–Trinajstić information content (AvgIpc) is 2.97. The molecule has 1 aromatic heterocycles. The number of benzene rings is 2. The average molecular weight is 282 g/mol. The molecule has 0 saturated carbocycles. The summed E-state index contributed by atoms with van der Waals surface area (Å²) in [4.78, 5) is 13.3. The molecule has 2 aromatic carbocycles. The van der Waals surface area contributed by atoms with Crippen LogP contribution in [0.1, 0.15) is 10.4 Å². The Hall–Kier alpha value is -2.89. The number of halogens is 1. The quantitative estimate of drug-likeness (QED) is 0.689. The number of rotatable bonds is 4. The maximum atomic E-state index is 12.8. The molecular formula is C15H11FN4O. The molecule has 0 atom stereocenters. The Balaban J connectivity index is 1.75. The molecule has 6 heteroatoms. The lowest BCUT2D eigenvalue weighted by molar-refractivity contribution is 0.0961. The Morgan fingerprint density at radius 2 is 1.76 bits per heavy atom. The van der Waals surface area contributed by atoms with Gasteiger partial charge in [0.1, 0.15) is 12.4 Å². The van der Waals surface area contributed by atoms with Gasteiger partial charge in [0, 0.05) is 11.1 Å². The highest BCUT2D eigenvalue weighted by Crippen LogP contribution is 2.12. The summed E-state index contributed by atoms with van der Waals surface area (Å²) in [7, 11) is 0. The molecule has 0 aliphatic carbocycles. The van der Waals surface area contributed by atoms with Crippen molar-refractivity contribution in [2.75, 3.05) is 0 Å². The van der Waals surface area contributed by atoms with Crippen LogP contribution in [0, 0.1) is 5.82 Å². The largest absolute Gasteiger partial charge is 0.292 e. The number of tetrazole rings is 1. The van der Waals surface area contributed by atoms with Gasteiger partial charge in [0.25, 0.3) is 0 Å². The van der Waals surface area contributed by atoms with E-state index in [1.807, 2.05) is 30.3 Å². The fraction of sp³-hybridized carbons (Fsp3) is 0.0667. The van der Waals surface area contributed by atoms with Crippen LogP contribution >= 0.6 is 0 Å². The predicted octanol–water partition coefficient (Wildman–Crippen LogP) is 2.36. The molecule has 1 heterocycles.